The van der Waals surface area contributed by atoms with Crippen LogP contribution in [0, 0.1) is 23.2 Å². The Morgan fingerprint density at radius 1 is 1.25 bits per heavy atom. The van der Waals surface area contributed by atoms with Gasteiger partial charge in [-0.3, -0.25) is 0 Å². The molecule has 1 saturated carbocycles. The Labute approximate surface area is 101 Å². The molecule has 0 aromatic heterocycles. The molecule has 0 aromatic rings. The van der Waals surface area contributed by atoms with Crippen molar-refractivity contribution < 1.29 is 0 Å². The number of rotatable bonds is 3. The summed E-state index contributed by atoms with van der Waals surface area (Å²) >= 11 is 0. The quantitative estimate of drug-likeness (QED) is 0.766. The van der Waals surface area contributed by atoms with Crippen LogP contribution in [0.1, 0.15) is 59.3 Å². The maximum atomic E-state index is 3.64. The zero-order chi connectivity index (χ0) is 11.6. The molecule has 2 rings (SSSR count). The van der Waals surface area contributed by atoms with Gasteiger partial charge in [-0.25, -0.2) is 0 Å². The maximum absolute atomic E-state index is 3.64. The summed E-state index contributed by atoms with van der Waals surface area (Å²) in [7, 11) is 0. The zero-order valence-corrected chi connectivity index (χ0v) is 11.4. The van der Waals surface area contributed by atoms with Crippen LogP contribution in [0.3, 0.4) is 0 Å². The Balaban J connectivity index is 2.05. The topological polar surface area (TPSA) is 12.0 Å². The van der Waals surface area contributed by atoms with Crippen LogP contribution in [0.2, 0.25) is 0 Å². The van der Waals surface area contributed by atoms with Crippen molar-refractivity contribution in [1.29, 1.82) is 0 Å². The van der Waals surface area contributed by atoms with E-state index in [1.165, 1.54) is 51.6 Å². The highest BCUT2D eigenvalue weighted by molar-refractivity contribution is 4.93. The van der Waals surface area contributed by atoms with Gasteiger partial charge in [0.1, 0.15) is 0 Å². The predicted octanol–water partition coefficient (Wildman–Crippen LogP) is 3.84. The minimum Gasteiger partial charge on any atom is -0.316 e. The van der Waals surface area contributed by atoms with E-state index in [1.54, 1.807) is 0 Å². The molecule has 1 heteroatoms. The van der Waals surface area contributed by atoms with Crippen LogP contribution in [0.15, 0.2) is 0 Å². The number of piperidine rings is 1. The molecule has 0 aromatic carbocycles. The van der Waals surface area contributed by atoms with Gasteiger partial charge in [-0.1, -0.05) is 46.5 Å². The maximum Gasteiger partial charge on any atom is -0.00126 e. The monoisotopic (exact) mass is 223 g/mol. The third kappa shape index (κ3) is 2.61. The van der Waals surface area contributed by atoms with Crippen LogP contribution in [0.25, 0.3) is 0 Å². The highest BCUT2D eigenvalue weighted by Crippen LogP contribution is 2.47. The van der Waals surface area contributed by atoms with Gasteiger partial charge in [0.25, 0.3) is 0 Å². The highest BCUT2D eigenvalue weighted by atomic mass is 14.9. The van der Waals surface area contributed by atoms with E-state index in [0.29, 0.717) is 5.41 Å². The highest BCUT2D eigenvalue weighted by Gasteiger charge is 2.41. The van der Waals surface area contributed by atoms with Crippen molar-refractivity contribution in [3.05, 3.63) is 0 Å². The summed E-state index contributed by atoms with van der Waals surface area (Å²) in [6.07, 6.45) is 8.79. The molecule has 1 saturated heterocycles. The van der Waals surface area contributed by atoms with Crippen LogP contribution in [0.4, 0.5) is 0 Å². The Hall–Kier alpha value is -0.0400. The van der Waals surface area contributed by atoms with E-state index in [-0.39, 0.29) is 0 Å². The molecular weight excluding hydrogens is 194 g/mol. The van der Waals surface area contributed by atoms with Gasteiger partial charge in [0.2, 0.25) is 0 Å². The standard InChI is InChI=1S/C15H29N/c1-12(2)10-15(3)8-9-16-11-14(15)13-6-4-5-7-13/h12-14,16H,4-11H2,1-3H3. The van der Waals surface area contributed by atoms with E-state index < -0.39 is 0 Å². The summed E-state index contributed by atoms with van der Waals surface area (Å²) in [5.74, 6) is 2.83. The van der Waals surface area contributed by atoms with E-state index in [9.17, 15) is 0 Å². The zero-order valence-electron chi connectivity index (χ0n) is 11.4. The predicted molar refractivity (Wildman–Crippen MR) is 70.5 cm³/mol. The molecule has 0 amide bonds. The summed E-state index contributed by atoms with van der Waals surface area (Å²) in [5.41, 5.74) is 0.619. The first-order valence-corrected chi connectivity index (χ1v) is 7.32. The van der Waals surface area contributed by atoms with Crippen molar-refractivity contribution in [2.45, 2.75) is 59.3 Å². The van der Waals surface area contributed by atoms with Gasteiger partial charge in [0.05, 0.1) is 0 Å². The smallest absolute Gasteiger partial charge is 0.00126 e. The van der Waals surface area contributed by atoms with E-state index in [4.69, 9.17) is 0 Å². The fourth-order valence-electron chi connectivity index (χ4n) is 4.34. The second-order valence-corrected chi connectivity index (χ2v) is 6.86. The molecule has 0 radical (unpaired) electrons. The average Bonchev–Trinajstić information content (AvgIpc) is 2.69. The molecule has 1 N–H and O–H groups in total. The number of hydrogen-bond acceptors (Lipinski definition) is 1. The third-order valence-corrected chi connectivity index (χ3v) is 4.98. The van der Waals surface area contributed by atoms with Crippen molar-refractivity contribution in [2.24, 2.45) is 23.2 Å². The lowest BCUT2D eigenvalue weighted by Gasteiger charge is -2.46. The molecular formula is C15H29N. The molecule has 1 nitrogen and oxygen atoms in total. The number of hydrogen-bond donors (Lipinski definition) is 1. The summed E-state index contributed by atoms with van der Waals surface area (Å²) < 4.78 is 0. The molecule has 2 unspecified atom stereocenters. The summed E-state index contributed by atoms with van der Waals surface area (Å²) in [4.78, 5) is 0. The molecule has 16 heavy (non-hydrogen) atoms. The lowest BCUT2D eigenvalue weighted by molar-refractivity contribution is 0.0569. The summed E-state index contributed by atoms with van der Waals surface area (Å²) in [6, 6.07) is 0. The normalized spacial score (nSPS) is 37.1. The molecule has 1 aliphatic heterocycles. The largest absolute Gasteiger partial charge is 0.316 e. The first-order valence-electron chi connectivity index (χ1n) is 7.32. The summed E-state index contributed by atoms with van der Waals surface area (Å²) in [5, 5.41) is 3.64. The Kier molecular flexibility index (Phi) is 3.94. The average molecular weight is 223 g/mol. The van der Waals surface area contributed by atoms with E-state index in [1.807, 2.05) is 0 Å². The van der Waals surface area contributed by atoms with Crippen molar-refractivity contribution >= 4 is 0 Å². The molecule has 0 bridgehead atoms. The fraction of sp³-hybridized carbons (Fsp3) is 1.00. The molecule has 1 heterocycles. The van der Waals surface area contributed by atoms with Gasteiger partial charge >= 0.3 is 0 Å². The van der Waals surface area contributed by atoms with Gasteiger partial charge in [-0.2, -0.15) is 0 Å². The molecule has 2 fully saturated rings. The fourth-order valence-corrected chi connectivity index (χ4v) is 4.34. The van der Waals surface area contributed by atoms with Crippen molar-refractivity contribution in [2.75, 3.05) is 13.1 Å². The number of nitrogens with one attached hydrogen (secondary N) is 1. The van der Waals surface area contributed by atoms with Crippen molar-refractivity contribution in [3.63, 3.8) is 0 Å². The second-order valence-electron chi connectivity index (χ2n) is 6.86. The van der Waals surface area contributed by atoms with Crippen molar-refractivity contribution in [3.8, 4) is 0 Å². The van der Waals surface area contributed by atoms with E-state index >= 15 is 0 Å². The van der Waals surface area contributed by atoms with Gasteiger partial charge in [0, 0.05) is 0 Å². The van der Waals surface area contributed by atoms with Crippen LogP contribution >= 0.6 is 0 Å². The second kappa shape index (κ2) is 5.08. The van der Waals surface area contributed by atoms with Gasteiger partial charge in [-0.15, -0.1) is 0 Å². The molecule has 2 aliphatic rings. The third-order valence-electron chi connectivity index (χ3n) is 4.98. The van der Waals surface area contributed by atoms with Crippen LogP contribution in [-0.2, 0) is 0 Å². The van der Waals surface area contributed by atoms with Gasteiger partial charge in [0.15, 0.2) is 0 Å². The Morgan fingerprint density at radius 2 is 1.94 bits per heavy atom. The molecule has 94 valence electrons. The first kappa shape index (κ1) is 12.4. The molecule has 0 spiro atoms. The SMILES string of the molecule is CC(C)CC1(C)CCNCC1C1CCCC1. The first-order chi connectivity index (χ1) is 7.62. The van der Waals surface area contributed by atoms with E-state index in [2.05, 4.69) is 26.1 Å². The lowest BCUT2D eigenvalue weighted by atomic mass is 9.63. The Morgan fingerprint density at radius 3 is 2.56 bits per heavy atom. The van der Waals surface area contributed by atoms with Crippen LogP contribution in [0.5, 0.6) is 0 Å². The van der Waals surface area contributed by atoms with Gasteiger partial charge < -0.3 is 5.32 Å². The summed E-state index contributed by atoms with van der Waals surface area (Å²) in [6.45, 7) is 9.87. The van der Waals surface area contributed by atoms with Crippen LogP contribution < -0.4 is 5.32 Å². The minimum absolute atomic E-state index is 0.619. The van der Waals surface area contributed by atoms with Gasteiger partial charge in [-0.05, 0) is 49.1 Å². The molecule has 2 atom stereocenters. The molecule has 1 aliphatic carbocycles. The van der Waals surface area contributed by atoms with Crippen LogP contribution in [-0.4, -0.2) is 13.1 Å². The minimum atomic E-state index is 0.619. The van der Waals surface area contributed by atoms with Crippen molar-refractivity contribution in [1.82, 2.24) is 5.32 Å². The lowest BCUT2D eigenvalue weighted by Crippen LogP contribution is -2.47. The van der Waals surface area contributed by atoms with E-state index in [0.717, 1.165) is 17.8 Å². The Bertz CT molecular complexity index is 217.